The molecule has 0 aromatic heterocycles. The maximum Gasteiger partial charge on any atom is 0.387 e. The topological polar surface area (TPSA) is 29.5 Å². The van der Waals surface area contributed by atoms with Gasteiger partial charge in [-0.25, -0.2) is 0 Å². The lowest BCUT2D eigenvalue weighted by atomic mass is 10.1. The van der Waals surface area contributed by atoms with E-state index in [-0.39, 0.29) is 10.8 Å². The van der Waals surface area contributed by atoms with Gasteiger partial charge < -0.3 is 9.84 Å². The fraction of sp³-hybridized carbons (Fsp3) is 0.333. The van der Waals surface area contributed by atoms with E-state index >= 15 is 0 Å². The summed E-state index contributed by atoms with van der Waals surface area (Å²) in [6.07, 6.45) is -0.687. The molecule has 0 amide bonds. The van der Waals surface area contributed by atoms with Crippen LogP contribution in [-0.2, 0) is 0 Å². The van der Waals surface area contributed by atoms with Crippen LogP contribution in [0.4, 0.5) is 8.78 Å². The molecule has 0 aliphatic heterocycles. The van der Waals surface area contributed by atoms with E-state index in [2.05, 4.69) is 4.74 Å². The Morgan fingerprint density at radius 1 is 1.43 bits per heavy atom. The third-order valence-electron chi connectivity index (χ3n) is 1.65. The molecular formula is C9H9ClF2O2. The molecule has 2 nitrogen and oxygen atoms in total. The number of halogens is 3. The first-order valence-corrected chi connectivity index (χ1v) is 4.31. The second kappa shape index (κ2) is 4.57. The molecule has 0 heterocycles. The Balaban J connectivity index is 2.90. The minimum absolute atomic E-state index is 0.0590. The molecule has 1 atom stereocenters. The lowest BCUT2D eigenvalue weighted by Gasteiger charge is -2.09. The Labute approximate surface area is 85.1 Å². The predicted octanol–water partition coefficient (Wildman–Crippen LogP) is 2.99. The number of alkyl halides is 2. The Hall–Kier alpha value is -0.870. The minimum atomic E-state index is -2.90. The van der Waals surface area contributed by atoms with E-state index in [1.165, 1.54) is 18.2 Å². The first-order valence-electron chi connectivity index (χ1n) is 3.93. The van der Waals surface area contributed by atoms with Crippen LogP contribution in [0.25, 0.3) is 0 Å². The highest BCUT2D eigenvalue weighted by molar-refractivity contribution is 6.32. The number of rotatable bonds is 3. The molecule has 1 aromatic rings. The van der Waals surface area contributed by atoms with Crippen LogP contribution >= 0.6 is 11.6 Å². The Morgan fingerprint density at radius 3 is 2.50 bits per heavy atom. The van der Waals surface area contributed by atoms with Crippen molar-refractivity contribution in [1.82, 2.24) is 0 Å². The fourth-order valence-electron chi connectivity index (χ4n) is 0.969. The number of hydrogen-bond acceptors (Lipinski definition) is 2. The maximum atomic E-state index is 11.8. The summed E-state index contributed by atoms with van der Waals surface area (Å²) in [6.45, 7) is -1.34. The van der Waals surface area contributed by atoms with Crippen LogP contribution in [0.2, 0.25) is 5.02 Å². The van der Waals surface area contributed by atoms with Crippen LogP contribution in [-0.4, -0.2) is 11.7 Å². The molecule has 14 heavy (non-hydrogen) atoms. The van der Waals surface area contributed by atoms with Crippen molar-refractivity contribution in [3.8, 4) is 5.75 Å². The van der Waals surface area contributed by atoms with Gasteiger partial charge in [-0.1, -0.05) is 17.7 Å². The third kappa shape index (κ3) is 2.82. The second-order valence-electron chi connectivity index (χ2n) is 2.74. The highest BCUT2D eigenvalue weighted by atomic mass is 35.5. The van der Waals surface area contributed by atoms with Crippen molar-refractivity contribution in [3.63, 3.8) is 0 Å². The molecule has 1 N–H and O–H groups in total. The summed E-state index contributed by atoms with van der Waals surface area (Å²) in [5.74, 6) is -0.0916. The molecule has 0 saturated carbocycles. The largest absolute Gasteiger partial charge is 0.433 e. The van der Waals surface area contributed by atoms with Crippen molar-refractivity contribution >= 4 is 11.6 Å². The molecular weight excluding hydrogens is 214 g/mol. The lowest BCUT2D eigenvalue weighted by Crippen LogP contribution is -2.02. The van der Waals surface area contributed by atoms with Crippen molar-refractivity contribution in [2.45, 2.75) is 19.6 Å². The average molecular weight is 223 g/mol. The van der Waals surface area contributed by atoms with E-state index in [1.807, 2.05) is 0 Å². The number of benzene rings is 1. The van der Waals surface area contributed by atoms with Crippen LogP contribution < -0.4 is 4.74 Å². The van der Waals surface area contributed by atoms with Gasteiger partial charge >= 0.3 is 6.61 Å². The van der Waals surface area contributed by atoms with Gasteiger partial charge in [-0.2, -0.15) is 8.78 Å². The van der Waals surface area contributed by atoms with Crippen molar-refractivity contribution in [2.75, 3.05) is 0 Å². The second-order valence-corrected chi connectivity index (χ2v) is 3.15. The Kier molecular flexibility index (Phi) is 3.66. The average Bonchev–Trinajstić information content (AvgIpc) is 2.07. The van der Waals surface area contributed by atoms with Gasteiger partial charge in [0.25, 0.3) is 0 Å². The molecule has 0 aliphatic carbocycles. The summed E-state index contributed by atoms with van der Waals surface area (Å²) in [5, 5.41) is 9.23. The molecule has 78 valence electrons. The molecule has 1 aromatic carbocycles. The summed E-state index contributed by atoms with van der Waals surface area (Å²) in [6, 6.07) is 4.18. The van der Waals surface area contributed by atoms with Gasteiger partial charge in [0.1, 0.15) is 5.75 Å². The summed E-state index contributed by atoms with van der Waals surface area (Å²) >= 11 is 5.65. The molecule has 0 fully saturated rings. The van der Waals surface area contributed by atoms with Gasteiger partial charge in [0.2, 0.25) is 0 Å². The molecule has 0 bridgehead atoms. The van der Waals surface area contributed by atoms with Crippen LogP contribution in [0.15, 0.2) is 18.2 Å². The van der Waals surface area contributed by atoms with Crippen LogP contribution in [0.1, 0.15) is 18.6 Å². The highest BCUT2D eigenvalue weighted by Gasteiger charge is 2.10. The Morgan fingerprint density at radius 2 is 2.07 bits per heavy atom. The standard InChI is InChI=1S/C9H9ClF2O2/c1-5(13)6-2-3-8(7(10)4-6)14-9(11)12/h2-5,9,13H,1H3. The normalized spacial score (nSPS) is 13.0. The minimum Gasteiger partial charge on any atom is -0.433 e. The van der Waals surface area contributed by atoms with Crippen LogP contribution in [0.3, 0.4) is 0 Å². The van der Waals surface area contributed by atoms with Gasteiger partial charge in [0.15, 0.2) is 0 Å². The van der Waals surface area contributed by atoms with E-state index in [1.54, 1.807) is 6.92 Å². The van der Waals surface area contributed by atoms with Crippen molar-refractivity contribution < 1.29 is 18.6 Å². The van der Waals surface area contributed by atoms with Crippen molar-refractivity contribution in [1.29, 1.82) is 0 Å². The van der Waals surface area contributed by atoms with Crippen molar-refractivity contribution in [3.05, 3.63) is 28.8 Å². The van der Waals surface area contributed by atoms with E-state index in [4.69, 9.17) is 11.6 Å². The fourth-order valence-corrected chi connectivity index (χ4v) is 1.20. The number of hydrogen-bond donors (Lipinski definition) is 1. The van der Waals surface area contributed by atoms with Gasteiger partial charge in [-0.3, -0.25) is 0 Å². The molecule has 0 aliphatic rings. The molecule has 0 spiro atoms. The SMILES string of the molecule is CC(O)c1ccc(OC(F)F)c(Cl)c1. The van der Waals surface area contributed by atoms with Crippen LogP contribution in [0.5, 0.6) is 5.75 Å². The van der Waals surface area contributed by atoms with Gasteiger partial charge in [0, 0.05) is 0 Å². The van der Waals surface area contributed by atoms with Crippen LogP contribution in [0, 0.1) is 0 Å². The molecule has 0 radical (unpaired) electrons. The quantitative estimate of drug-likeness (QED) is 0.852. The molecule has 1 rings (SSSR count). The summed E-state index contributed by atoms with van der Waals surface area (Å²) in [4.78, 5) is 0. The van der Waals surface area contributed by atoms with E-state index < -0.39 is 12.7 Å². The van der Waals surface area contributed by atoms with Crippen molar-refractivity contribution in [2.24, 2.45) is 0 Å². The van der Waals surface area contributed by atoms with E-state index in [0.717, 1.165) is 0 Å². The smallest absolute Gasteiger partial charge is 0.387 e. The first kappa shape index (κ1) is 11.2. The monoisotopic (exact) mass is 222 g/mol. The summed E-state index contributed by atoms with van der Waals surface area (Å²) < 4.78 is 27.8. The maximum absolute atomic E-state index is 11.8. The third-order valence-corrected chi connectivity index (χ3v) is 1.95. The van der Waals surface area contributed by atoms with Gasteiger partial charge in [0.05, 0.1) is 11.1 Å². The summed E-state index contributed by atoms with van der Waals surface area (Å²) in [7, 11) is 0. The van der Waals surface area contributed by atoms with Gasteiger partial charge in [-0.15, -0.1) is 0 Å². The highest BCUT2D eigenvalue weighted by Crippen LogP contribution is 2.28. The predicted molar refractivity (Wildman–Crippen MR) is 48.7 cm³/mol. The molecule has 0 saturated heterocycles. The summed E-state index contributed by atoms with van der Waals surface area (Å²) in [5.41, 5.74) is 0.552. The Bertz CT molecular complexity index is 316. The number of aliphatic hydroxyl groups excluding tert-OH is 1. The lowest BCUT2D eigenvalue weighted by molar-refractivity contribution is -0.0498. The van der Waals surface area contributed by atoms with Gasteiger partial charge in [-0.05, 0) is 24.6 Å². The number of aliphatic hydroxyl groups is 1. The molecule has 5 heteroatoms. The number of ether oxygens (including phenoxy) is 1. The zero-order valence-electron chi connectivity index (χ0n) is 7.38. The first-order chi connectivity index (χ1) is 6.50. The van der Waals surface area contributed by atoms with E-state index in [9.17, 15) is 13.9 Å². The zero-order chi connectivity index (χ0) is 10.7. The molecule has 1 unspecified atom stereocenters. The zero-order valence-corrected chi connectivity index (χ0v) is 8.13. The van der Waals surface area contributed by atoms with E-state index in [0.29, 0.717) is 5.56 Å².